The van der Waals surface area contributed by atoms with Crippen molar-refractivity contribution >= 4 is 125 Å². The summed E-state index contributed by atoms with van der Waals surface area (Å²) in [6.45, 7) is 3.05. The monoisotopic (exact) mass is 1670 g/mol. The molecule has 17 amide bonds. The van der Waals surface area contributed by atoms with Crippen LogP contribution in [0.15, 0.2) is 0 Å². The summed E-state index contributed by atoms with van der Waals surface area (Å²) in [6.07, 6.45) is -9.20. The van der Waals surface area contributed by atoms with Gasteiger partial charge in [-0.2, -0.15) is 25.8 Å². The molecule has 0 saturated carbocycles. The third-order valence-electron chi connectivity index (χ3n) is 17.4. The van der Waals surface area contributed by atoms with E-state index in [1.54, 1.807) is 27.7 Å². The molecule has 2 saturated heterocycles. The number of nitrogens with zero attached hydrogens (tertiary/aromatic N) is 2. The Morgan fingerprint density at radius 3 is 1.27 bits per heavy atom. The number of rotatable bonds is 50. The van der Waals surface area contributed by atoms with E-state index in [4.69, 9.17) is 38.6 Å². The van der Waals surface area contributed by atoms with Crippen LogP contribution in [-0.4, -0.2) is 313 Å². The topological polar surface area (TPSA) is 747 Å². The van der Waals surface area contributed by atoms with Crippen molar-refractivity contribution in [3.8, 4) is 0 Å². The van der Waals surface area contributed by atoms with E-state index in [0.717, 1.165) is 16.7 Å². The van der Waals surface area contributed by atoms with Crippen molar-refractivity contribution in [2.45, 2.75) is 228 Å². The van der Waals surface area contributed by atoms with E-state index in [1.807, 2.05) is 0 Å². The average molecular weight is 1670 g/mol. The van der Waals surface area contributed by atoms with Crippen LogP contribution in [0.2, 0.25) is 0 Å². The quantitative estimate of drug-likeness (QED) is 0.0199. The van der Waals surface area contributed by atoms with Crippen LogP contribution in [0.3, 0.4) is 0 Å². The molecule has 0 aromatic heterocycles. The minimum Gasteiger partial charge on any atom is -0.481 e. The Hall–Kier alpha value is -10.2. The lowest BCUT2D eigenvalue weighted by atomic mass is 10.0. The molecule has 652 valence electrons. The molecule has 49 heteroatoms. The fraction of sp³-hybridized carbons (Fsp3) is 0.712. The number of carbonyl (C=O) groups is 19. The number of amides is 17. The maximum absolute atomic E-state index is 14.4. The number of hydrogen-bond acceptors (Lipinski definition) is 27. The largest absolute Gasteiger partial charge is 0.490 e. The zero-order chi connectivity index (χ0) is 87.9. The minimum atomic E-state index is -5.08. The molecule has 2 fully saturated rings. The second-order valence-corrected chi connectivity index (χ2v) is 28.1. The molecule has 0 radical (unpaired) electrons. The molecule has 15 atom stereocenters. The predicted molar refractivity (Wildman–Crippen MR) is 394 cm³/mol. The Kier molecular flexibility index (Phi) is 46.1. The van der Waals surface area contributed by atoms with Crippen LogP contribution in [-0.2, 0) is 91.1 Å². The van der Waals surface area contributed by atoms with Crippen LogP contribution in [0.5, 0.6) is 0 Å². The summed E-state index contributed by atoms with van der Waals surface area (Å²) < 4.78 is 31.7. The van der Waals surface area contributed by atoms with Gasteiger partial charge in [-0.05, 0) is 102 Å². The first-order valence-corrected chi connectivity index (χ1v) is 37.1. The van der Waals surface area contributed by atoms with Crippen LogP contribution < -0.4 is 92.5 Å². The number of aliphatic hydroxyl groups excluding tert-OH is 5. The average Bonchev–Trinajstić information content (AvgIpc) is 1.72. The third kappa shape index (κ3) is 36.9. The summed E-state index contributed by atoms with van der Waals surface area (Å²) in [7, 11) is 0. The first-order chi connectivity index (χ1) is 53.7. The van der Waals surface area contributed by atoms with Gasteiger partial charge in [-0.25, -0.2) is 4.79 Å². The smallest absolute Gasteiger partial charge is 0.481 e. The summed E-state index contributed by atoms with van der Waals surface area (Å²) >= 11 is 4.04. The van der Waals surface area contributed by atoms with E-state index in [0.29, 0.717) is 6.42 Å². The number of carbonyl (C=O) groups excluding carboxylic acids is 17. The van der Waals surface area contributed by atoms with Crippen LogP contribution in [0.4, 0.5) is 13.2 Å². The predicted octanol–water partition coefficient (Wildman–Crippen LogP) is -11.2. The Morgan fingerprint density at radius 1 is 0.461 bits per heavy atom. The van der Waals surface area contributed by atoms with Crippen molar-refractivity contribution < 1.29 is 140 Å². The third-order valence-corrected chi connectivity index (χ3v) is 17.7. The fourth-order valence-corrected chi connectivity index (χ4v) is 11.6. The molecule has 0 aromatic rings. The van der Waals surface area contributed by atoms with Gasteiger partial charge in [0.15, 0.2) is 0 Å². The highest BCUT2D eigenvalue weighted by molar-refractivity contribution is 7.80. The molecule has 0 unspecified atom stereocenters. The summed E-state index contributed by atoms with van der Waals surface area (Å²) in [5.41, 5.74) is 27.3. The summed E-state index contributed by atoms with van der Waals surface area (Å²) in [6, 6.07) is -21.8. The number of halogens is 3. The number of aliphatic hydroxyl groups is 5. The molecule has 2 aliphatic rings. The summed E-state index contributed by atoms with van der Waals surface area (Å²) in [4.78, 5) is 251. The molecule has 2 rings (SSSR count). The lowest BCUT2D eigenvalue weighted by Crippen LogP contribution is -2.62. The molecule has 115 heavy (non-hydrogen) atoms. The second-order valence-electron chi connectivity index (χ2n) is 27.7. The van der Waals surface area contributed by atoms with Crippen LogP contribution in [0, 0.1) is 11.8 Å². The number of primary amides is 3. The number of aliphatic carboxylic acids is 2. The van der Waals surface area contributed by atoms with E-state index >= 15 is 0 Å². The number of unbranched alkanes of at least 4 members (excludes halogenated alkanes) is 1. The van der Waals surface area contributed by atoms with E-state index in [1.165, 1.54) is 0 Å². The number of nitrogens with one attached hydrogen (secondary N) is 12. The first-order valence-electron chi connectivity index (χ1n) is 36.5. The van der Waals surface area contributed by atoms with Crippen molar-refractivity contribution in [1.82, 2.24) is 73.6 Å². The van der Waals surface area contributed by atoms with Gasteiger partial charge in [0.25, 0.3) is 0 Å². The number of alkyl halides is 3. The van der Waals surface area contributed by atoms with Crippen LogP contribution in [0.1, 0.15) is 131 Å². The highest BCUT2D eigenvalue weighted by Gasteiger charge is 2.44. The van der Waals surface area contributed by atoms with Gasteiger partial charge in [0.2, 0.25) is 100 Å². The highest BCUT2D eigenvalue weighted by Crippen LogP contribution is 2.24. The number of carboxylic acids is 2. The standard InChI is InChI=1S/C64H109N19O24S.C2HF3O2/c1-30(2)22-38(57(100)72-34(13-16-46(67)89)54(97)75-37(10-6-7-19-65)63(106)82-20-8-11-44(82)60(103)74-36(15-18-49(92)93)55(98)77-40(26-85)51(69)94)71-48(91)24-70-53(96)41(27-86)79-62(105)50(32(5)88)81-56(99)35(14-17-47(68)90)73-61(104)45-12-9-21-83(45)64(107)39(23-31(3)4)76-58(101)42(28-87)78-59(102)43(29-108)80-52(95)33(66)25-84;3-2(4,5)1(6)7/h30-45,50,84-88,108H,6-29,65-66H2,1-5H3,(H2,67,89)(H2,68,90)(H2,69,94)(H,70,96)(H,71,91)(H,72,100)(H,73,104)(H,74,103)(H,75,97)(H,76,101)(H,77,98)(H,78,102)(H,79,105)(H,80,95)(H,81,99)(H,92,93);(H,6,7)/t32-,33+,34+,35+,36+,37+,38+,39+,40+,41+,42+,43+,44+,45+,50+;/m1./s1. The highest BCUT2D eigenvalue weighted by atomic mass is 32.1. The van der Waals surface area contributed by atoms with Crippen LogP contribution >= 0.6 is 12.6 Å². The maximum Gasteiger partial charge on any atom is 0.490 e. The number of likely N-dealkylation sites (tertiary alicyclic amines) is 2. The van der Waals surface area contributed by atoms with Gasteiger partial charge < -0.3 is 138 Å². The molecule has 0 bridgehead atoms. The molecule has 45 nitrogen and oxygen atoms in total. The molecular formula is C66H110F3N19O26S. The zero-order valence-corrected chi connectivity index (χ0v) is 64.9. The molecule has 0 spiro atoms. The van der Waals surface area contributed by atoms with Crippen molar-refractivity contribution in [3.63, 3.8) is 0 Å². The number of hydrogen-bond donors (Lipinski definition) is 25. The van der Waals surface area contributed by atoms with Crippen molar-refractivity contribution in [3.05, 3.63) is 0 Å². The molecule has 0 aliphatic carbocycles. The molecule has 0 aromatic carbocycles. The number of thiol groups is 1. The number of nitrogens with two attached hydrogens (primary N) is 5. The van der Waals surface area contributed by atoms with E-state index in [9.17, 15) is 130 Å². The Bertz CT molecular complexity index is 3380. The van der Waals surface area contributed by atoms with Gasteiger partial charge in [-0.1, -0.05) is 27.7 Å². The maximum atomic E-state index is 14.4. The SMILES string of the molecule is CC(C)C[C@H](NC(=O)CNC(=O)[C@H](CO)NC(=O)[C@@H](NC(=O)[C@H](CCC(N)=O)NC(=O)[C@@H]1CCCN1C(=O)[C@H](CC(C)C)NC(=O)[C@H](CO)NC(=O)[C@H](CS)NC(=O)[C@@H](N)CO)[C@@H](C)O)C(=O)N[C@@H](CCC(N)=O)C(=O)N[C@@H](CCCCN)C(=O)N1CCC[C@H]1C(=O)N[C@@H](CCC(=O)O)C(=O)N[C@@H](CO)C(N)=O.O=C(O)C(F)(F)F. The van der Waals surface area contributed by atoms with Gasteiger partial charge in [-0.15, -0.1) is 0 Å². The Morgan fingerprint density at radius 2 is 0.843 bits per heavy atom. The van der Waals surface area contributed by atoms with E-state index < -0.39 is 281 Å². The lowest BCUT2D eigenvalue weighted by molar-refractivity contribution is -0.192. The van der Waals surface area contributed by atoms with Crippen molar-refractivity contribution in [2.24, 2.45) is 40.5 Å². The Balaban J connectivity index is 0.00000899. The molecule has 29 N–H and O–H groups in total. The molecular weight excluding hydrogens is 1560 g/mol. The number of carboxylic acid groups (broad SMARTS) is 2. The van der Waals surface area contributed by atoms with Crippen LogP contribution in [0.25, 0.3) is 0 Å². The van der Waals surface area contributed by atoms with Gasteiger partial charge in [0.1, 0.15) is 84.6 Å². The lowest BCUT2D eigenvalue weighted by Gasteiger charge is -2.31. The zero-order valence-electron chi connectivity index (χ0n) is 64.0. The minimum absolute atomic E-state index is 0.00285. The van der Waals surface area contributed by atoms with Gasteiger partial charge >= 0.3 is 18.1 Å². The van der Waals surface area contributed by atoms with E-state index in [-0.39, 0.29) is 88.6 Å². The van der Waals surface area contributed by atoms with Gasteiger partial charge in [-0.3, -0.25) is 86.3 Å². The molecule has 2 heterocycles. The van der Waals surface area contributed by atoms with Gasteiger partial charge in [0, 0.05) is 38.1 Å². The normalized spacial score (nSPS) is 17.3. The van der Waals surface area contributed by atoms with Crippen molar-refractivity contribution in [1.29, 1.82) is 0 Å². The van der Waals surface area contributed by atoms with Gasteiger partial charge in [0.05, 0.1) is 39.1 Å². The summed E-state index contributed by atoms with van der Waals surface area (Å²) in [5.74, 6) is -22.4. The first kappa shape index (κ1) is 103. The van der Waals surface area contributed by atoms with Crippen molar-refractivity contribution in [2.75, 3.05) is 58.4 Å². The van der Waals surface area contributed by atoms with E-state index in [2.05, 4.69) is 76.4 Å². The second kappa shape index (κ2) is 51.6. The Labute approximate surface area is 663 Å². The summed E-state index contributed by atoms with van der Waals surface area (Å²) in [5, 5.41) is 94.4. The fourth-order valence-electron chi connectivity index (χ4n) is 11.3. The molecule has 2 aliphatic heterocycles.